The van der Waals surface area contributed by atoms with Gasteiger partial charge in [-0.2, -0.15) is 5.26 Å². The van der Waals surface area contributed by atoms with Gasteiger partial charge >= 0.3 is 0 Å². The maximum Gasteiger partial charge on any atom is 0.161 e. The second-order valence-electron chi connectivity index (χ2n) is 8.27. The second-order valence-corrected chi connectivity index (χ2v) is 9.35. The van der Waals surface area contributed by atoms with E-state index in [9.17, 15) is 5.26 Å². The van der Waals surface area contributed by atoms with Crippen LogP contribution in [0.25, 0.3) is 22.3 Å². The van der Waals surface area contributed by atoms with E-state index < -0.39 is 0 Å². The van der Waals surface area contributed by atoms with Gasteiger partial charge in [-0.15, -0.1) is 11.3 Å². The lowest BCUT2D eigenvalue weighted by Crippen LogP contribution is -2.04. The maximum atomic E-state index is 9.94. The predicted molar refractivity (Wildman–Crippen MR) is 137 cm³/mol. The van der Waals surface area contributed by atoms with Gasteiger partial charge in [0.05, 0.1) is 31.7 Å². The van der Waals surface area contributed by atoms with Gasteiger partial charge in [0.1, 0.15) is 28.2 Å². The summed E-state index contributed by atoms with van der Waals surface area (Å²) in [6.45, 7) is 2.52. The lowest BCUT2D eigenvalue weighted by molar-refractivity contribution is 0.340. The van der Waals surface area contributed by atoms with E-state index in [1.54, 1.807) is 25.6 Å². The highest BCUT2D eigenvalue weighted by atomic mass is 32.1. The summed E-state index contributed by atoms with van der Waals surface area (Å²) in [5.41, 5.74) is 3.38. The fraction of sp³-hybridized carbons (Fsp3) is 0.286. The number of hydrogen-bond acceptors (Lipinski definition) is 7. The first-order valence-electron chi connectivity index (χ1n) is 11.7. The number of nitriles is 1. The molecule has 0 unspecified atom stereocenters. The van der Waals surface area contributed by atoms with Crippen LogP contribution in [-0.4, -0.2) is 20.8 Å². The Hall–Kier alpha value is -3.76. The molecule has 2 aromatic carbocycles. The smallest absolute Gasteiger partial charge is 0.161 e. The zero-order valence-corrected chi connectivity index (χ0v) is 20.8. The van der Waals surface area contributed by atoms with Gasteiger partial charge in [-0.1, -0.05) is 0 Å². The normalized spacial score (nSPS) is 13.4. The van der Waals surface area contributed by atoms with Crippen molar-refractivity contribution >= 4 is 27.3 Å². The fourth-order valence-electron chi connectivity index (χ4n) is 4.48. The predicted octanol–water partition coefficient (Wildman–Crippen LogP) is 6.56. The number of methoxy groups -OCH3 is 2. The van der Waals surface area contributed by atoms with Crippen LogP contribution in [0, 0.1) is 11.3 Å². The number of fused-ring (bicyclic) bond motifs is 2. The van der Waals surface area contributed by atoms with E-state index in [1.807, 2.05) is 49.4 Å². The first-order valence-corrected chi connectivity index (χ1v) is 12.5. The Bertz CT molecular complexity index is 1510. The van der Waals surface area contributed by atoms with Crippen LogP contribution in [-0.2, 0) is 12.8 Å². The molecule has 35 heavy (non-hydrogen) atoms. The summed E-state index contributed by atoms with van der Waals surface area (Å²) < 4.78 is 22.9. The van der Waals surface area contributed by atoms with Crippen molar-refractivity contribution in [2.75, 3.05) is 20.8 Å². The Morgan fingerprint density at radius 2 is 1.86 bits per heavy atom. The van der Waals surface area contributed by atoms with E-state index in [2.05, 4.69) is 6.07 Å². The molecule has 1 aliphatic carbocycles. The number of ether oxygens (including phenoxy) is 3. The van der Waals surface area contributed by atoms with Crippen molar-refractivity contribution in [1.29, 1.82) is 5.26 Å². The van der Waals surface area contributed by atoms with E-state index in [-0.39, 0.29) is 0 Å². The number of nitrogens with zero attached hydrogens (tertiary/aromatic N) is 2. The molecule has 6 nitrogen and oxygen atoms in total. The molecule has 178 valence electrons. The summed E-state index contributed by atoms with van der Waals surface area (Å²) in [5, 5.41) is 12.3. The van der Waals surface area contributed by atoms with Crippen LogP contribution in [0.15, 0.2) is 51.9 Å². The molecule has 0 bridgehead atoms. The fourth-order valence-corrected chi connectivity index (χ4v) is 5.71. The molecule has 0 saturated carbocycles. The summed E-state index contributed by atoms with van der Waals surface area (Å²) in [4.78, 5) is 6.32. The molecule has 0 aliphatic heterocycles. The second kappa shape index (κ2) is 9.85. The molecule has 0 fully saturated rings. The van der Waals surface area contributed by atoms with Crippen molar-refractivity contribution in [1.82, 2.24) is 0 Å². The van der Waals surface area contributed by atoms with Crippen LogP contribution < -0.4 is 19.6 Å². The maximum absolute atomic E-state index is 9.94. The minimum atomic E-state index is 0.565. The molecule has 7 heteroatoms. The first-order chi connectivity index (χ1) is 17.1. The quantitative estimate of drug-likeness (QED) is 0.308. The van der Waals surface area contributed by atoms with Crippen molar-refractivity contribution in [3.63, 3.8) is 0 Å². The number of aryl methyl sites for hydroxylation is 1. The summed E-state index contributed by atoms with van der Waals surface area (Å²) in [7, 11) is 3.22. The lowest BCUT2D eigenvalue weighted by atomic mass is 9.96. The van der Waals surface area contributed by atoms with Crippen LogP contribution in [0.2, 0.25) is 0 Å². The largest absolute Gasteiger partial charge is 0.494 e. The first kappa shape index (κ1) is 23.0. The monoisotopic (exact) mass is 486 g/mol. The third-order valence-corrected chi connectivity index (χ3v) is 7.37. The van der Waals surface area contributed by atoms with Crippen LogP contribution in [0.5, 0.6) is 17.2 Å². The number of hydrogen-bond donors (Lipinski definition) is 0. The molecule has 0 amide bonds. The van der Waals surface area contributed by atoms with Gasteiger partial charge in [0, 0.05) is 21.9 Å². The van der Waals surface area contributed by atoms with Crippen molar-refractivity contribution in [2.45, 2.75) is 32.6 Å². The number of thiophene rings is 1. The molecule has 2 aromatic heterocycles. The Balaban J connectivity index is 1.75. The number of rotatable bonds is 6. The van der Waals surface area contributed by atoms with E-state index in [1.165, 1.54) is 10.4 Å². The Kier molecular flexibility index (Phi) is 6.47. The Morgan fingerprint density at radius 3 is 2.63 bits per heavy atom. The van der Waals surface area contributed by atoms with E-state index >= 15 is 0 Å². The number of benzene rings is 2. The Morgan fingerprint density at radius 1 is 1.03 bits per heavy atom. The van der Waals surface area contributed by atoms with Crippen molar-refractivity contribution in [3.05, 3.63) is 63.8 Å². The van der Waals surface area contributed by atoms with E-state index in [0.717, 1.165) is 52.7 Å². The molecule has 5 rings (SSSR count). The van der Waals surface area contributed by atoms with Gasteiger partial charge in [0.25, 0.3) is 0 Å². The molecule has 0 atom stereocenters. The van der Waals surface area contributed by atoms with Crippen molar-refractivity contribution < 1.29 is 18.6 Å². The van der Waals surface area contributed by atoms with Gasteiger partial charge in [-0.05, 0) is 74.6 Å². The average Bonchev–Trinajstić information content (AvgIpc) is 3.25. The zero-order chi connectivity index (χ0) is 24.4. The standard InChI is InChI=1S/C28H26N2O4S/c1-4-33-18-10-12-23-20(14-18)22(30-28-21(16-29)19-7-5-6-8-27(19)35-28)15-25(34-23)17-9-11-24(31-2)26(13-17)32-3/h9-15H,4-8H2,1-3H3. The van der Waals surface area contributed by atoms with E-state index in [0.29, 0.717) is 35.0 Å². The van der Waals surface area contributed by atoms with Crippen LogP contribution in [0.1, 0.15) is 35.8 Å². The van der Waals surface area contributed by atoms with Crippen LogP contribution in [0.4, 0.5) is 5.00 Å². The topological polar surface area (TPSA) is 77.0 Å². The Labute approximate surface area is 208 Å². The summed E-state index contributed by atoms with van der Waals surface area (Å²) in [5.74, 6) is 2.65. The van der Waals surface area contributed by atoms with Gasteiger partial charge in [0.15, 0.2) is 11.5 Å². The minimum absolute atomic E-state index is 0.565. The van der Waals surface area contributed by atoms with Crippen molar-refractivity contribution in [2.24, 2.45) is 4.99 Å². The SMILES string of the molecule is CCOc1ccc2oc(-c3ccc(OC)c(OC)c3)cc(=Nc3sc4c(c3C#N)CCCC4)c2c1. The van der Waals surface area contributed by atoms with Gasteiger partial charge in [-0.25, -0.2) is 4.99 Å². The highest BCUT2D eigenvalue weighted by Gasteiger charge is 2.21. The average molecular weight is 487 g/mol. The highest BCUT2D eigenvalue weighted by Crippen LogP contribution is 2.39. The summed E-state index contributed by atoms with van der Waals surface area (Å²) in [6, 6.07) is 15.7. The molecule has 0 N–H and O–H groups in total. The summed E-state index contributed by atoms with van der Waals surface area (Å²) in [6.07, 6.45) is 4.24. The third-order valence-electron chi connectivity index (χ3n) is 6.18. The zero-order valence-electron chi connectivity index (χ0n) is 20.0. The van der Waals surface area contributed by atoms with Gasteiger partial charge < -0.3 is 18.6 Å². The van der Waals surface area contributed by atoms with E-state index in [4.69, 9.17) is 23.6 Å². The molecule has 2 heterocycles. The molecular formula is C28H26N2O4S. The highest BCUT2D eigenvalue weighted by molar-refractivity contribution is 7.16. The third kappa shape index (κ3) is 4.38. The molecule has 1 aliphatic rings. The van der Waals surface area contributed by atoms with Crippen LogP contribution in [0.3, 0.4) is 0 Å². The van der Waals surface area contributed by atoms with Gasteiger partial charge in [-0.3, -0.25) is 0 Å². The molecule has 0 spiro atoms. The molecule has 4 aromatic rings. The van der Waals surface area contributed by atoms with Crippen molar-refractivity contribution in [3.8, 4) is 34.6 Å². The van der Waals surface area contributed by atoms with Gasteiger partial charge in [0.2, 0.25) is 0 Å². The molecule has 0 saturated heterocycles. The molecular weight excluding hydrogens is 460 g/mol. The van der Waals surface area contributed by atoms with Crippen LogP contribution >= 0.6 is 11.3 Å². The molecule has 0 radical (unpaired) electrons. The minimum Gasteiger partial charge on any atom is -0.494 e. The summed E-state index contributed by atoms with van der Waals surface area (Å²) >= 11 is 1.63. The lowest BCUT2D eigenvalue weighted by Gasteiger charge is -2.11.